The number of nitrogens with one attached hydrogen (secondary N) is 1. The molecule has 2 heterocycles. The smallest absolute Gasteiger partial charge is 0.224 e. The van der Waals surface area contributed by atoms with Gasteiger partial charge in [-0.05, 0) is 50.5 Å². The second-order valence-corrected chi connectivity index (χ2v) is 10.6. The van der Waals surface area contributed by atoms with E-state index in [2.05, 4.69) is 63.2 Å². The average Bonchev–Trinajstić information content (AvgIpc) is 2.81. The van der Waals surface area contributed by atoms with Crippen molar-refractivity contribution in [1.29, 1.82) is 0 Å². The first-order valence-electron chi connectivity index (χ1n) is 8.99. The van der Waals surface area contributed by atoms with Crippen molar-refractivity contribution in [3.05, 3.63) is 23.9 Å². The molecule has 3 rings (SSSR count). The van der Waals surface area contributed by atoms with Gasteiger partial charge in [0.25, 0.3) is 0 Å². The summed E-state index contributed by atoms with van der Waals surface area (Å²) in [5.41, 5.74) is 1.18. The number of aliphatic imine (C=N–C) groups is 1. The highest BCUT2D eigenvalue weighted by Crippen LogP contribution is 2.57. The topological polar surface area (TPSA) is 41.5 Å². The number of halogens is 1. The third-order valence-corrected chi connectivity index (χ3v) is 6.93. The largest absolute Gasteiger partial charge is 0.351 e. The molecule has 5 heteroatoms. The lowest BCUT2D eigenvalue weighted by Crippen LogP contribution is -2.50. The zero-order valence-electron chi connectivity index (χ0n) is 16.0. The number of amides is 1. The predicted octanol–water partition coefficient (Wildman–Crippen LogP) is 4.78. The van der Waals surface area contributed by atoms with Crippen LogP contribution in [0.25, 0.3) is 0 Å². The molecule has 1 N–H and O–H groups in total. The van der Waals surface area contributed by atoms with E-state index < -0.39 is 0 Å². The number of rotatable bonds is 3. The van der Waals surface area contributed by atoms with Gasteiger partial charge in [0, 0.05) is 17.5 Å². The van der Waals surface area contributed by atoms with Crippen molar-refractivity contribution in [3.63, 3.8) is 0 Å². The number of hydrogen-bond acceptors (Lipinski definition) is 3. The van der Waals surface area contributed by atoms with Gasteiger partial charge in [0.05, 0.1) is 16.4 Å². The molecular weight excluding hydrogens is 352 g/mol. The van der Waals surface area contributed by atoms with Crippen molar-refractivity contribution in [2.24, 2.45) is 22.2 Å². The van der Waals surface area contributed by atoms with Gasteiger partial charge in [-0.2, -0.15) is 0 Å². The molecule has 3 unspecified atom stereocenters. The van der Waals surface area contributed by atoms with Crippen LogP contribution in [0.1, 0.15) is 53.9 Å². The van der Waals surface area contributed by atoms with Crippen LogP contribution >= 0.6 is 24.2 Å². The molecule has 25 heavy (non-hydrogen) atoms. The van der Waals surface area contributed by atoms with E-state index in [1.807, 2.05) is 18.0 Å². The van der Waals surface area contributed by atoms with Crippen LogP contribution in [-0.2, 0) is 4.79 Å². The average molecular weight is 383 g/mol. The maximum Gasteiger partial charge on any atom is 0.224 e. The first kappa shape index (κ1) is 20.6. The van der Waals surface area contributed by atoms with Crippen LogP contribution in [0, 0.1) is 17.3 Å². The number of allylic oxidation sites excluding steroid dienone is 3. The molecule has 1 aliphatic carbocycles. The lowest BCUT2D eigenvalue weighted by molar-refractivity contribution is -0.127. The van der Waals surface area contributed by atoms with Gasteiger partial charge in [0.2, 0.25) is 5.91 Å². The maximum atomic E-state index is 13.1. The van der Waals surface area contributed by atoms with Gasteiger partial charge in [-0.1, -0.05) is 32.9 Å². The van der Waals surface area contributed by atoms with Crippen LogP contribution in [0.15, 0.2) is 28.9 Å². The lowest BCUT2D eigenvalue weighted by Gasteiger charge is -2.40. The summed E-state index contributed by atoms with van der Waals surface area (Å²) in [7, 11) is 0. The molecule has 3 nitrogen and oxygen atoms in total. The second kappa shape index (κ2) is 7.11. The Morgan fingerprint density at radius 1 is 1.36 bits per heavy atom. The molecule has 0 aromatic rings. The van der Waals surface area contributed by atoms with Gasteiger partial charge in [0.15, 0.2) is 0 Å². The zero-order valence-corrected chi connectivity index (χ0v) is 17.6. The number of carbonyl (C=O) groups is 1. The van der Waals surface area contributed by atoms with Crippen LogP contribution in [0.3, 0.4) is 0 Å². The molecule has 0 aromatic carbocycles. The number of hydrogen-bond donors (Lipinski definition) is 1. The molecule has 140 valence electrons. The highest BCUT2D eigenvalue weighted by atomic mass is 35.5. The molecule has 2 aliphatic heterocycles. The SMILES string of the molecule is CC(C)(C)CC(C)(C)NC(=O)C1CSC23CC=CC=C2N=CCC13.Cl. The summed E-state index contributed by atoms with van der Waals surface area (Å²) in [5, 5.41) is 3.35. The molecule has 1 saturated heterocycles. The van der Waals surface area contributed by atoms with E-state index in [9.17, 15) is 4.79 Å². The highest BCUT2D eigenvalue weighted by molar-refractivity contribution is 8.01. The number of thioether (sulfide) groups is 1. The Balaban J connectivity index is 0.00000225. The van der Waals surface area contributed by atoms with E-state index in [0.717, 1.165) is 30.7 Å². The van der Waals surface area contributed by atoms with E-state index in [4.69, 9.17) is 0 Å². The second-order valence-electron chi connectivity index (χ2n) is 9.26. The molecule has 0 aromatic heterocycles. The van der Waals surface area contributed by atoms with Gasteiger partial charge in [-0.3, -0.25) is 9.79 Å². The van der Waals surface area contributed by atoms with Crippen LogP contribution in [0.2, 0.25) is 0 Å². The van der Waals surface area contributed by atoms with Crippen molar-refractivity contribution >= 4 is 36.3 Å². The normalized spacial score (nSPS) is 30.8. The maximum absolute atomic E-state index is 13.1. The molecule has 3 atom stereocenters. The van der Waals surface area contributed by atoms with Gasteiger partial charge in [-0.15, -0.1) is 24.2 Å². The Hall–Kier alpha value is -0.740. The van der Waals surface area contributed by atoms with E-state index in [1.165, 1.54) is 0 Å². The first-order valence-corrected chi connectivity index (χ1v) is 9.97. The van der Waals surface area contributed by atoms with Crippen molar-refractivity contribution in [1.82, 2.24) is 5.32 Å². The minimum Gasteiger partial charge on any atom is -0.351 e. The van der Waals surface area contributed by atoms with E-state index in [0.29, 0.717) is 5.92 Å². The van der Waals surface area contributed by atoms with Crippen molar-refractivity contribution < 1.29 is 4.79 Å². The fourth-order valence-electron chi connectivity index (χ4n) is 4.73. The van der Waals surface area contributed by atoms with Crippen molar-refractivity contribution in [2.45, 2.75) is 64.2 Å². The molecule has 0 bridgehead atoms. The van der Waals surface area contributed by atoms with Crippen molar-refractivity contribution in [3.8, 4) is 0 Å². The van der Waals surface area contributed by atoms with Gasteiger partial charge in [-0.25, -0.2) is 0 Å². The van der Waals surface area contributed by atoms with Crippen LogP contribution < -0.4 is 5.32 Å². The third kappa shape index (κ3) is 4.16. The molecular formula is C20H31ClN2OS. The summed E-state index contributed by atoms with van der Waals surface area (Å²) in [6.45, 7) is 11.0. The first-order chi connectivity index (χ1) is 11.1. The van der Waals surface area contributed by atoms with Crippen molar-refractivity contribution in [2.75, 3.05) is 5.75 Å². The summed E-state index contributed by atoms with van der Waals surface area (Å²) < 4.78 is 0.0275. The monoisotopic (exact) mass is 382 g/mol. The van der Waals surface area contributed by atoms with E-state index >= 15 is 0 Å². The summed E-state index contributed by atoms with van der Waals surface area (Å²) in [5.74, 6) is 1.57. The van der Waals surface area contributed by atoms with Gasteiger partial charge < -0.3 is 5.32 Å². The lowest BCUT2D eigenvalue weighted by atomic mass is 9.73. The van der Waals surface area contributed by atoms with Crippen LogP contribution in [0.4, 0.5) is 0 Å². The highest BCUT2D eigenvalue weighted by Gasteiger charge is 2.54. The molecule has 3 aliphatic rings. The zero-order chi connectivity index (χ0) is 17.6. The third-order valence-electron chi connectivity index (χ3n) is 5.21. The van der Waals surface area contributed by atoms with E-state index in [1.54, 1.807) is 0 Å². The Labute approximate surface area is 162 Å². The Morgan fingerprint density at radius 2 is 2.08 bits per heavy atom. The van der Waals surface area contributed by atoms with Gasteiger partial charge in [0.1, 0.15) is 0 Å². The molecule has 1 fully saturated rings. The summed E-state index contributed by atoms with van der Waals surface area (Å²) in [6.07, 6.45) is 11.4. The van der Waals surface area contributed by atoms with Gasteiger partial charge >= 0.3 is 0 Å². The van der Waals surface area contributed by atoms with E-state index in [-0.39, 0.29) is 39.9 Å². The fourth-order valence-corrected chi connectivity index (χ4v) is 6.55. The standard InChI is InChI=1S/C20H30N2OS.ClH/c1-18(2,3)13-19(4,5)22-17(23)14-12-24-20-10-7-6-8-16(20)21-11-9-15(14)20;/h6-8,11,14-15H,9-10,12-13H2,1-5H3,(H,22,23);1H. The summed E-state index contributed by atoms with van der Waals surface area (Å²) in [4.78, 5) is 17.7. The quantitative estimate of drug-likeness (QED) is 0.763. The van der Waals surface area contributed by atoms with Crippen LogP contribution in [0.5, 0.6) is 0 Å². The Kier molecular flexibility index (Phi) is 5.85. The molecule has 1 amide bonds. The number of nitrogens with zero attached hydrogens (tertiary/aromatic N) is 1. The predicted molar refractivity (Wildman–Crippen MR) is 111 cm³/mol. The Bertz CT molecular complexity index is 618. The molecule has 1 spiro atoms. The molecule has 0 radical (unpaired) electrons. The summed E-state index contributed by atoms with van der Waals surface area (Å²) >= 11 is 1.94. The van der Waals surface area contributed by atoms with Crippen LogP contribution in [-0.4, -0.2) is 28.2 Å². The number of carbonyl (C=O) groups excluding carboxylic acids is 1. The summed E-state index contributed by atoms with van der Waals surface area (Å²) in [6, 6.07) is 0. The minimum absolute atomic E-state index is 0. The minimum atomic E-state index is -0.177. The Morgan fingerprint density at radius 3 is 2.76 bits per heavy atom. The fraction of sp³-hybridized carbons (Fsp3) is 0.700. The molecule has 0 saturated carbocycles.